The molecule has 1 amide bonds. The molecule has 9 heteroatoms. The first kappa shape index (κ1) is 22.4. The van der Waals surface area contributed by atoms with Crippen LogP contribution in [0.25, 0.3) is 5.57 Å². The van der Waals surface area contributed by atoms with E-state index in [4.69, 9.17) is 32.2 Å². The Morgan fingerprint density at radius 1 is 1.35 bits per heavy atom. The summed E-state index contributed by atoms with van der Waals surface area (Å²) in [5.41, 5.74) is 7.91. The number of anilines is 1. The van der Waals surface area contributed by atoms with Crippen LogP contribution in [0.5, 0.6) is 5.75 Å². The Kier molecular flexibility index (Phi) is 7.72. The molecule has 1 fully saturated rings. The van der Waals surface area contributed by atoms with Crippen LogP contribution in [-0.4, -0.2) is 48.5 Å². The van der Waals surface area contributed by atoms with E-state index in [1.54, 1.807) is 11.1 Å². The van der Waals surface area contributed by atoms with E-state index in [0.29, 0.717) is 60.2 Å². The average molecular weight is 444 g/mol. The molecular formula is C22H26ClN5O3. The van der Waals surface area contributed by atoms with Crippen molar-refractivity contribution in [3.05, 3.63) is 58.9 Å². The SMILES string of the molecule is COC(=O)N1CCC(Oc2cc(NCc3ccc(Cl)cc3)ncc2/C(C=N)=C/N)CC1. The number of aromatic nitrogens is 1. The summed E-state index contributed by atoms with van der Waals surface area (Å²) < 4.78 is 11.0. The molecule has 0 radical (unpaired) electrons. The Morgan fingerprint density at radius 3 is 2.68 bits per heavy atom. The van der Waals surface area contributed by atoms with Crippen molar-refractivity contribution in [1.82, 2.24) is 9.88 Å². The van der Waals surface area contributed by atoms with Crippen LogP contribution in [0, 0.1) is 5.41 Å². The Hall–Kier alpha value is -3.26. The van der Waals surface area contributed by atoms with Gasteiger partial charge in [0.25, 0.3) is 0 Å². The number of likely N-dealkylation sites (tertiary alicyclic amines) is 1. The number of hydrogen-bond acceptors (Lipinski definition) is 7. The standard InChI is InChI=1S/C22H26ClN5O3/c1-30-22(29)28-8-6-18(7-9-28)31-20-10-21(27-14-19(20)16(11-24)12-25)26-13-15-2-4-17(23)5-3-15/h2-5,10-12,14,18,24H,6-9,13,25H2,1H3,(H,26,27)/b16-12+,24-11?. The third-order valence-corrected chi connectivity index (χ3v) is 5.32. The van der Waals surface area contributed by atoms with E-state index < -0.39 is 0 Å². The van der Waals surface area contributed by atoms with Gasteiger partial charge in [-0.3, -0.25) is 0 Å². The number of allylic oxidation sites excluding steroid dienone is 1. The molecule has 4 N–H and O–H groups in total. The fourth-order valence-corrected chi connectivity index (χ4v) is 3.45. The van der Waals surface area contributed by atoms with Gasteiger partial charge in [-0.2, -0.15) is 0 Å². The van der Waals surface area contributed by atoms with Gasteiger partial charge in [0.05, 0.1) is 7.11 Å². The molecular weight excluding hydrogens is 418 g/mol. The number of ether oxygens (including phenoxy) is 2. The molecule has 0 saturated carbocycles. The van der Waals surface area contributed by atoms with Gasteiger partial charge in [0.2, 0.25) is 0 Å². The lowest BCUT2D eigenvalue weighted by Gasteiger charge is -2.31. The molecule has 1 aromatic heterocycles. The molecule has 0 spiro atoms. The molecule has 1 aliphatic rings. The summed E-state index contributed by atoms with van der Waals surface area (Å²) >= 11 is 5.94. The predicted molar refractivity (Wildman–Crippen MR) is 122 cm³/mol. The largest absolute Gasteiger partial charge is 0.489 e. The highest BCUT2D eigenvalue weighted by molar-refractivity contribution is 6.30. The highest BCUT2D eigenvalue weighted by atomic mass is 35.5. The third kappa shape index (κ3) is 5.88. The van der Waals surface area contributed by atoms with Gasteiger partial charge in [-0.1, -0.05) is 23.7 Å². The Labute approximate surface area is 186 Å². The first-order valence-electron chi connectivity index (χ1n) is 9.94. The first-order valence-corrected chi connectivity index (χ1v) is 10.3. The van der Waals surface area contributed by atoms with Gasteiger partial charge in [0, 0.05) is 73.3 Å². The number of carbonyl (C=O) groups is 1. The maximum Gasteiger partial charge on any atom is 0.409 e. The van der Waals surface area contributed by atoms with Crippen LogP contribution in [0.3, 0.4) is 0 Å². The van der Waals surface area contributed by atoms with Crippen LogP contribution < -0.4 is 15.8 Å². The Morgan fingerprint density at radius 2 is 2.06 bits per heavy atom. The fourth-order valence-electron chi connectivity index (χ4n) is 3.32. The van der Waals surface area contributed by atoms with Gasteiger partial charge in [-0.05, 0) is 17.7 Å². The maximum absolute atomic E-state index is 11.7. The number of amides is 1. The lowest BCUT2D eigenvalue weighted by atomic mass is 10.1. The quantitative estimate of drug-likeness (QED) is 0.559. The molecule has 164 valence electrons. The predicted octanol–water partition coefficient (Wildman–Crippen LogP) is 3.91. The van der Waals surface area contributed by atoms with Gasteiger partial charge < -0.3 is 30.8 Å². The minimum Gasteiger partial charge on any atom is -0.489 e. The van der Waals surface area contributed by atoms with E-state index in [-0.39, 0.29) is 12.2 Å². The third-order valence-electron chi connectivity index (χ3n) is 5.07. The Bertz CT molecular complexity index is 941. The second-order valence-corrected chi connectivity index (χ2v) is 7.52. The number of halogens is 1. The lowest BCUT2D eigenvalue weighted by Crippen LogP contribution is -2.41. The van der Waals surface area contributed by atoms with E-state index in [9.17, 15) is 4.79 Å². The van der Waals surface area contributed by atoms with Crippen molar-refractivity contribution in [2.75, 3.05) is 25.5 Å². The summed E-state index contributed by atoms with van der Waals surface area (Å²) in [6.07, 6.45) is 5.13. The van der Waals surface area contributed by atoms with E-state index >= 15 is 0 Å². The van der Waals surface area contributed by atoms with Gasteiger partial charge in [0.15, 0.2) is 0 Å². The monoisotopic (exact) mass is 443 g/mol. The molecule has 2 aromatic rings. The highest BCUT2D eigenvalue weighted by Crippen LogP contribution is 2.29. The molecule has 1 aliphatic heterocycles. The van der Waals surface area contributed by atoms with E-state index in [2.05, 4.69) is 10.3 Å². The molecule has 0 bridgehead atoms. The second-order valence-electron chi connectivity index (χ2n) is 7.09. The van der Waals surface area contributed by atoms with Crippen LogP contribution in [0.4, 0.5) is 10.6 Å². The van der Waals surface area contributed by atoms with Crippen molar-refractivity contribution in [3.8, 4) is 5.75 Å². The number of piperidine rings is 1. The normalized spacial score (nSPS) is 14.8. The Balaban J connectivity index is 1.74. The molecule has 0 unspecified atom stereocenters. The van der Waals surface area contributed by atoms with Gasteiger partial charge >= 0.3 is 6.09 Å². The highest BCUT2D eigenvalue weighted by Gasteiger charge is 2.25. The van der Waals surface area contributed by atoms with Crippen molar-refractivity contribution in [3.63, 3.8) is 0 Å². The zero-order valence-corrected chi connectivity index (χ0v) is 18.1. The minimum absolute atomic E-state index is 0.0732. The van der Waals surface area contributed by atoms with E-state index in [0.717, 1.165) is 5.56 Å². The van der Waals surface area contributed by atoms with E-state index in [1.165, 1.54) is 19.5 Å². The van der Waals surface area contributed by atoms with Crippen molar-refractivity contribution in [1.29, 1.82) is 5.41 Å². The summed E-state index contributed by atoms with van der Waals surface area (Å²) in [4.78, 5) is 17.8. The number of methoxy groups -OCH3 is 1. The molecule has 31 heavy (non-hydrogen) atoms. The van der Waals surface area contributed by atoms with Crippen molar-refractivity contribution < 1.29 is 14.3 Å². The molecule has 1 saturated heterocycles. The summed E-state index contributed by atoms with van der Waals surface area (Å²) in [6, 6.07) is 9.38. The van der Waals surface area contributed by atoms with Crippen LogP contribution in [0.15, 0.2) is 42.7 Å². The molecule has 3 rings (SSSR count). The van der Waals surface area contributed by atoms with E-state index in [1.807, 2.05) is 30.3 Å². The topological polar surface area (TPSA) is 114 Å². The number of nitrogens with two attached hydrogens (primary N) is 1. The van der Waals surface area contributed by atoms with Crippen LogP contribution in [0.2, 0.25) is 5.02 Å². The molecule has 8 nitrogen and oxygen atoms in total. The first-order chi connectivity index (χ1) is 15.0. The number of benzene rings is 1. The molecule has 1 aromatic carbocycles. The van der Waals surface area contributed by atoms with Crippen LogP contribution >= 0.6 is 11.6 Å². The molecule has 0 aliphatic carbocycles. The van der Waals surface area contributed by atoms with Crippen molar-refractivity contribution in [2.45, 2.75) is 25.5 Å². The number of carbonyl (C=O) groups excluding carboxylic acids is 1. The number of nitrogens with zero attached hydrogens (tertiary/aromatic N) is 2. The maximum atomic E-state index is 11.7. The minimum atomic E-state index is -0.325. The number of nitrogens with one attached hydrogen (secondary N) is 2. The second kappa shape index (κ2) is 10.7. The number of rotatable bonds is 7. The smallest absolute Gasteiger partial charge is 0.409 e. The average Bonchev–Trinajstić information content (AvgIpc) is 2.80. The summed E-state index contributed by atoms with van der Waals surface area (Å²) in [5, 5.41) is 11.6. The van der Waals surface area contributed by atoms with Gasteiger partial charge in [-0.15, -0.1) is 0 Å². The zero-order chi connectivity index (χ0) is 22.2. The van der Waals surface area contributed by atoms with Crippen LogP contribution in [0.1, 0.15) is 24.0 Å². The van der Waals surface area contributed by atoms with Gasteiger partial charge in [0.1, 0.15) is 17.7 Å². The van der Waals surface area contributed by atoms with Gasteiger partial charge in [-0.25, -0.2) is 9.78 Å². The molecule has 0 atom stereocenters. The summed E-state index contributed by atoms with van der Waals surface area (Å²) in [6.45, 7) is 1.69. The summed E-state index contributed by atoms with van der Waals surface area (Å²) in [7, 11) is 1.38. The summed E-state index contributed by atoms with van der Waals surface area (Å²) in [5.74, 6) is 1.23. The van der Waals surface area contributed by atoms with Crippen molar-refractivity contribution in [2.24, 2.45) is 5.73 Å². The number of pyridine rings is 1. The zero-order valence-electron chi connectivity index (χ0n) is 17.3. The molecule has 2 heterocycles. The van der Waals surface area contributed by atoms with Crippen LogP contribution in [-0.2, 0) is 11.3 Å². The lowest BCUT2D eigenvalue weighted by molar-refractivity contribution is 0.0790. The van der Waals surface area contributed by atoms with Crippen molar-refractivity contribution >= 4 is 35.3 Å². The number of hydrogen-bond donors (Lipinski definition) is 3. The fraction of sp³-hybridized carbons (Fsp3) is 0.318.